The number of likely N-dealkylation sites (N-methyl/N-ethyl adjacent to an activating group) is 1. The van der Waals surface area contributed by atoms with Gasteiger partial charge in [0.2, 0.25) is 5.91 Å². The van der Waals surface area contributed by atoms with E-state index in [1.54, 1.807) is 4.90 Å². The van der Waals surface area contributed by atoms with Gasteiger partial charge in [-0.2, -0.15) is 0 Å². The number of hydrogen-bond donors (Lipinski definition) is 0. The minimum Gasteiger partial charge on any atom is -0.358 e. The average molecular weight is 344 g/mol. The summed E-state index contributed by atoms with van der Waals surface area (Å²) in [6.07, 6.45) is 0. The fourth-order valence-corrected chi connectivity index (χ4v) is 2.91. The summed E-state index contributed by atoms with van der Waals surface area (Å²) >= 11 is 0. The van der Waals surface area contributed by atoms with Crippen LogP contribution in [0.3, 0.4) is 0 Å². The van der Waals surface area contributed by atoms with Gasteiger partial charge < -0.3 is 9.80 Å². The van der Waals surface area contributed by atoms with Crippen molar-refractivity contribution in [2.75, 3.05) is 18.5 Å². The monoisotopic (exact) mass is 344 g/mol. The van der Waals surface area contributed by atoms with E-state index in [4.69, 9.17) is 0 Å². The smallest absolute Gasteiger partial charge is 0.242 e. The summed E-state index contributed by atoms with van der Waals surface area (Å²) in [5, 5.41) is 0. The summed E-state index contributed by atoms with van der Waals surface area (Å²) in [5.74, 6) is 0.105. The number of benzene rings is 3. The van der Waals surface area contributed by atoms with Crippen molar-refractivity contribution in [3.63, 3.8) is 0 Å². The number of anilines is 1. The molecule has 3 aromatic rings. The zero-order valence-electron chi connectivity index (χ0n) is 15.1. The number of carbonyl (C=O) groups excluding carboxylic acids is 1. The Hall–Kier alpha value is -3.07. The van der Waals surface area contributed by atoms with E-state index < -0.39 is 0 Å². The molecule has 0 unspecified atom stereocenters. The third kappa shape index (κ3) is 4.96. The normalized spacial score (nSPS) is 10.3. The van der Waals surface area contributed by atoms with Crippen LogP contribution in [0.15, 0.2) is 91.0 Å². The van der Waals surface area contributed by atoms with Crippen LogP contribution in [0.2, 0.25) is 0 Å². The van der Waals surface area contributed by atoms with Crippen molar-refractivity contribution in [1.82, 2.24) is 4.90 Å². The lowest BCUT2D eigenvalue weighted by Gasteiger charge is -2.27. The molecule has 0 spiro atoms. The van der Waals surface area contributed by atoms with Crippen molar-refractivity contribution >= 4 is 11.6 Å². The van der Waals surface area contributed by atoms with Crippen LogP contribution in [0.1, 0.15) is 11.1 Å². The summed E-state index contributed by atoms with van der Waals surface area (Å²) in [6, 6.07) is 30.4. The lowest BCUT2D eigenvalue weighted by atomic mass is 10.2. The number of nitrogens with zero attached hydrogens (tertiary/aromatic N) is 2. The fraction of sp³-hybridized carbons (Fsp3) is 0.174. The first-order valence-electron chi connectivity index (χ1n) is 8.84. The summed E-state index contributed by atoms with van der Waals surface area (Å²) in [4.78, 5) is 16.7. The first-order chi connectivity index (χ1) is 12.7. The van der Waals surface area contributed by atoms with E-state index in [0.29, 0.717) is 19.6 Å². The Bertz CT molecular complexity index is 803. The number of rotatable bonds is 7. The first-order valence-corrected chi connectivity index (χ1v) is 8.84. The van der Waals surface area contributed by atoms with Crippen molar-refractivity contribution in [2.24, 2.45) is 0 Å². The molecule has 0 fully saturated rings. The van der Waals surface area contributed by atoms with Gasteiger partial charge in [0.15, 0.2) is 0 Å². The molecular formula is C23H24N2O. The highest BCUT2D eigenvalue weighted by Gasteiger charge is 2.15. The van der Waals surface area contributed by atoms with Gasteiger partial charge in [-0.15, -0.1) is 0 Å². The van der Waals surface area contributed by atoms with Gasteiger partial charge in [-0.25, -0.2) is 0 Å². The SMILES string of the molecule is CN(Cc1ccccc1)C(=O)CN(Cc1ccccc1)c1ccccc1. The molecule has 3 rings (SSSR count). The standard InChI is InChI=1S/C23H24N2O/c1-24(17-20-11-5-2-6-12-20)23(26)19-25(22-15-9-4-10-16-22)18-21-13-7-3-8-14-21/h2-16H,17-19H2,1H3. The summed E-state index contributed by atoms with van der Waals surface area (Å²) in [7, 11) is 1.86. The largest absolute Gasteiger partial charge is 0.358 e. The van der Waals surface area contributed by atoms with Crippen molar-refractivity contribution in [2.45, 2.75) is 13.1 Å². The van der Waals surface area contributed by atoms with E-state index in [1.807, 2.05) is 85.9 Å². The van der Waals surface area contributed by atoms with Crippen LogP contribution in [0.25, 0.3) is 0 Å². The Balaban J connectivity index is 1.71. The van der Waals surface area contributed by atoms with E-state index in [9.17, 15) is 4.79 Å². The molecule has 3 aromatic carbocycles. The highest BCUT2D eigenvalue weighted by molar-refractivity contribution is 5.81. The van der Waals surface area contributed by atoms with E-state index in [0.717, 1.165) is 11.3 Å². The maximum Gasteiger partial charge on any atom is 0.242 e. The van der Waals surface area contributed by atoms with Crippen LogP contribution in [0.4, 0.5) is 5.69 Å². The Morgan fingerprint density at radius 3 is 1.69 bits per heavy atom. The Kier molecular flexibility index (Phi) is 6.05. The zero-order valence-corrected chi connectivity index (χ0v) is 15.1. The van der Waals surface area contributed by atoms with Crippen LogP contribution in [-0.2, 0) is 17.9 Å². The second kappa shape index (κ2) is 8.86. The Morgan fingerprint density at radius 2 is 1.15 bits per heavy atom. The molecule has 0 saturated heterocycles. The molecule has 0 aliphatic rings. The van der Waals surface area contributed by atoms with Crippen LogP contribution in [-0.4, -0.2) is 24.4 Å². The third-order valence-corrected chi connectivity index (χ3v) is 4.35. The Labute approximate surface area is 155 Å². The number of amides is 1. The quantitative estimate of drug-likeness (QED) is 0.636. The van der Waals surface area contributed by atoms with Gasteiger partial charge in [0.05, 0.1) is 6.54 Å². The maximum atomic E-state index is 12.8. The molecule has 0 aliphatic heterocycles. The number of carbonyl (C=O) groups is 1. The molecule has 0 aliphatic carbocycles. The van der Waals surface area contributed by atoms with Crippen molar-refractivity contribution in [3.8, 4) is 0 Å². The molecule has 0 N–H and O–H groups in total. The minimum absolute atomic E-state index is 0.105. The summed E-state index contributed by atoms with van der Waals surface area (Å²) in [5.41, 5.74) is 3.38. The lowest BCUT2D eigenvalue weighted by Crippen LogP contribution is -2.38. The van der Waals surface area contributed by atoms with Crippen LogP contribution < -0.4 is 4.90 Å². The van der Waals surface area contributed by atoms with E-state index >= 15 is 0 Å². The molecular weight excluding hydrogens is 320 g/mol. The highest BCUT2D eigenvalue weighted by atomic mass is 16.2. The molecule has 0 radical (unpaired) electrons. The van der Waals surface area contributed by atoms with Crippen molar-refractivity contribution in [1.29, 1.82) is 0 Å². The second-order valence-electron chi connectivity index (χ2n) is 6.41. The van der Waals surface area contributed by atoms with Crippen molar-refractivity contribution < 1.29 is 4.79 Å². The summed E-state index contributed by atoms with van der Waals surface area (Å²) < 4.78 is 0. The fourth-order valence-electron chi connectivity index (χ4n) is 2.91. The maximum absolute atomic E-state index is 12.8. The Morgan fingerprint density at radius 1 is 0.692 bits per heavy atom. The van der Waals surface area contributed by atoms with Gasteiger partial charge in [-0.1, -0.05) is 78.9 Å². The average Bonchev–Trinajstić information content (AvgIpc) is 2.69. The van der Waals surface area contributed by atoms with Gasteiger partial charge in [0, 0.05) is 25.8 Å². The van der Waals surface area contributed by atoms with Gasteiger partial charge in [0.1, 0.15) is 0 Å². The molecule has 3 nitrogen and oxygen atoms in total. The number of para-hydroxylation sites is 1. The van der Waals surface area contributed by atoms with Crippen LogP contribution in [0.5, 0.6) is 0 Å². The van der Waals surface area contributed by atoms with Gasteiger partial charge in [-0.3, -0.25) is 4.79 Å². The van der Waals surface area contributed by atoms with Crippen LogP contribution in [0, 0.1) is 0 Å². The van der Waals surface area contributed by atoms with E-state index in [1.165, 1.54) is 5.56 Å². The molecule has 0 saturated carbocycles. The highest BCUT2D eigenvalue weighted by Crippen LogP contribution is 2.17. The van der Waals surface area contributed by atoms with E-state index in [-0.39, 0.29) is 5.91 Å². The van der Waals surface area contributed by atoms with E-state index in [2.05, 4.69) is 17.0 Å². The minimum atomic E-state index is 0.105. The molecule has 26 heavy (non-hydrogen) atoms. The summed E-state index contributed by atoms with van der Waals surface area (Å²) in [6.45, 7) is 1.67. The van der Waals surface area contributed by atoms with Gasteiger partial charge in [0.25, 0.3) is 0 Å². The molecule has 0 bridgehead atoms. The van der Waals surface area contributed by atoms with Gasteiger partial charge in [-0.05, 0) is 23.3 Å². The predicted octanol–water partition coefficient (Wildman–Crippen LogP) is 4.35. The molecule has 1 amide bonds. The predicted molar refractivity (Wildman–Crippen MR) is 107 cm³/mol. The molecule has 0 aromatic heterocycles. The first kappa shape index (κ1) is 17.7. The van der Waals surface area contributed by atoms with Crippen LogP contribution >= 0.6 is 0 Å². The second-order valence-corrected chi connectivity index (χ2v) is 6.41. The third-order valence-electron chi connectivity index (χ3n) is 4.35. The van der Waals surface area contributed by atoms with Gasteiger partial charge >= 0.3 is 0 Å². The lowest BCUT2D eigenvalue weighted by molar-refractivity contribution is -0.129. The zero-order chi connectivity index (χ0) is 18.2. The van der Waals surface area contributed by atoms with Crippen molar-refractivity contribution in [3.05, 3.63) is 102 Å². The topological polar surface area (TPSA) is 23.6 Å². The number of hydrogen-bond acceptors (Lipinski definition) is 2. The molecule has 0 atom stereocenters. The molecule has 3 heteroatoms. The molecule has 0 heterocycles. The molecule has 132 valence electrons.